The molecule has 1 amide bonds. The van der Waals surface area contributed by atoms with E-state index >= 15 is 0 Å². The van der Waals surface area contributed by atoms with Crippen LogP contribution in [0, 0.1) is 0 Å². The summed E-state index contributed by atoms with van der Waals surface area (Å²) in [4.78, 5) is 15.2. The van der Waals surface area contributed by atoms with Crippen LogP contribution in [0.3, 0.4) is 0 Å². The van der Waals surface area contributed by atoms with Gasteiger partial charge in [0, 0.05) is 23.8 Å². The first kappa shape index (κ1) is 19.6. The zero-order valence-corrected chi connectivity index (χ0v) is 17.2. The van der Waals surface area contributed by atoms with E-state index in [1.54, 1.807) is 0 Å². The third-order valence-corrected chi connectivity index (χ3v) is 5.09. The molecule has 0 bridgehead atoms. The number of carbonyl (C=O) groups is 1. The lowest BCUT2D eigenvalue weighted by molar-refractivity contribution is 0.102. The van der Waals surface area contributed by atoms with Gasteiger partial charge in [0.25, 0.3) is 5.91 Å². The van der Waals surface area contributed by atoms with Crippen molar-refractivity contribution in [2.75, 3.05) is 18.4 Å². The van der Waals surface area contributed by atoms with Gasteiger partial charge in [-0.05, 0) is 70.5 Å². The van der Waals surface area contributed by atoms with Crippen molar-refractivity contribution < 1.29 is 4.79 Å². The van der Waals surface area contributed by atoms with Crippen molar-refractivity contribution in [1.29, 1.82) is 0 Å². The zero-order chi connectivity index (χ0) is 19.6. The van der Waals surface area contributed by atoms with Gasteiger partial charge in [-0.2, -0.15) is 5.10 Å². The number of anilines is 1. The number of carbonyl (C=O) groups excluding carboxylic acids is 1. The number of benzene rings is 1. The van der Waals surface area contributed by atoms with Crippen LogP contribution in [-0.4, -0.2) is 33.7 Å². The average molecular weight is 369 g/mol. The first-order valence-corrected chi connectivity index (χ1v) is 10.0. The molecule has 3 rings (SSSR count). The number of nitrogens with zero attached hydrogens (tertiary/aromatic N) is 3. The summed E-state index contributed by atoms with van der Waals surface area (Å²) in [5.74, 6) is 0.413. The van der Waals surface area contributed by atoms with E-state index in [0.29, 0.717) is 11.6 Å². The van der Waals surface area contributed by atoms with E-state index in [1.807, 2.05) is 22.9 Å². The van der Waals surface area contributed by atoms with Crippen LogP contribution in [0.4, 0.5) is 5.69 Å². The standard InChI is InChI=1S/C22H32N4O/c1-6-25(7-2)15-16-9-8-10-18(13-16)23-21(27)19-14-20(17-11-12-17)26(24-19)22(3,4)5/h8-10,13-14,17H,6-7,11-12,15H2,1-5H3,(H,23,27). The van der Waals surface area contributed by atoms with Crippen LogP contribution >= 0.6 is 0 Å². The van der Waals surface area contributed by atoms with Crippen molar-refractivity contribution in [3.8, 4) is 0 Å². The number of nitrogens with one attached hydrogen (secondary N) is 1. The maximum absolute atomic E-state index is 12.8. The normalized spacial score (nSPS) is 14.6. The quantitative estimate of drug-likeness (QED) is 0.776. The van der Waals surface area contributed by atoms with Gasteiger partial charge in [-0.3, -0.25) is 14.4 Å². The lowest BCUT2D eigenvalue weighted by Crippen LogP contribution is -2.25. The summed E-state index contributed by atoms with van der Waals surface area (Å²) in [5.41, 5.74) is 3.59. The van der Waals surface area contributed by atoms with Crippen LogP contribution in [-0.2, 0) is 12.1 Å². The van der Waals surface area contributed by atoms with Gasteiger partial charge in [0.1, 0.15) is 0 Å². The molecule has 1 heterocycles. The highest BCUT2D eigenvalue weighted by Gasteiger charge is 2.32. The Labute approximate surface area is 162 Å². The van der Waals surface area contributed by atoms with E-state index in [0.717, 1.165) is 25.3 Å². The Morgan fingerprint density at radius 3 is 2.52 bits per heavy atom. The minimum absolute atomic E-state index is 0.125. The molecule has 1 aromatic carbocycles. The highest BCUT2D eigenvalue weighted by Crippen LogP contribution is 2.41. The van der Waals surface area contributed by atoms with Crippen LogP contribution in [0.25, 0.3) is 0 Å². The van der Waals surface area contributed by atoms with Gasteiger partial charge in [0.15, 0.2) is 5.69 Å². The predicted octanol–water partition coefficient (Wildman–Crippen LogP) is 4.61. The molecular formula is C22H32N4O. The van der Waals surface area contributed by atoms with E-state index in [1.165, 1.54) is 24.1 Å². The van der Waals surface area contributed by atoms with Crippen LogP contribution in [0.5, 0.6) is 0 Å². The van der Waals surface area contributed by atoms with E-state index in [9.17, 15) is 4.79 Å². The Balaban J connectivity index is 1.76. The molecular weight excluding hydrogens is 336 g/mol. The summed E-state index contributed by atoms with van der Waals surface area (Å²) in [6, 6.07) is 10.1. The molecule has 0 atom stereocenters. The number of hydrogen-bond acceptors (Lipinski definition) is 3. The summed E-state index contributed by atoms with van der Waals surface area (Å²) in [7, 11) is 0. The van der Waals surface area contributed by atoms with Crippen molar-refractivity contribution in [3.63, 3.8) is 0 Å². The Bertz CT molecular complexity index is 795. The Hall–Kier alpha value is -2.14. The number of amides is 1. The fourth-order valence-electron chi connectivity index (χ4n) is 3.36. The van der Waals surface area contributed by atoms with Gasteiger partial charge in [0.2, 0.25) is 0 Å². The van der Waals surface area contributed by atoms with Gasteiger partial charge < -0.3 is 5.32 Å². The Morgan fingerprint density at radius 2 is 1.93 bits per heavy atom. The predicted molar refractivity (Wildman–Crippen MR) is 110 cm³/mol. The molecule has 1 fully saturated rings. The monoisotopic (exact) mass is 368 g/mol. The van der Waals surface area contributed by atoms with Crippen molar-refractivity contribution >= 4 is 11.6 Å². The fraction of sp³-hybridized carbons (Fsp3) is 0.545. The summed E-state index contributed by atoms with van der Waals surface area (Å²) in [6.45, 7) is 13.6. The third-order valence-electron chi connectivity index (χ3n) is 5.09. The maximum atomic E-state index is 12.8. The summed E-state index contributed by atoms with van der Waals surface area (Å²) in [6.07, 6.45) is 2.38. The number of hydrogen-bond donors (Lipinski definition) is 1. The topological polar surface area (TPSA) is 50.2 Å². The smallest absolute Gasteiger partial charge is 0.276 e. The first-order chi connectivity index (χ1) is 12.8. The molecule has 1 saturated carbocycles. The second-order valence-electron chi connectivity index (χ2n) is 8.43. The van der Waals surface area contributed by atoms with Gasteiger partial charge in [-0.1, -0.05) is 26.0 Å². The fourth-order valence-corrected chi connectivity index (χ4v) is 3.36. The number of aromatic nitrogens is 2. The molecule has 0 radical (unpaired) electrons. The molecule has 0 aliphatic heterocycles. The molecule has 1 aromatic heterocycles. The van der Waals surface area contributed by atoms with E-state index < -0.39 is 0 Å². The molecule has 0 spiro atoms. The van der Waals surface area contributed by atoms with Gasteiger partial charge in [0.05, 0.1) is 5.54 Å². The summed E-state index contributed by atoms with van der Waals surface area (Å²) >= 11 is 0. The molecule has 5 nitrogen and oxygen atoms in total. The Morgan fingerprint density at radius 1 is 1.22 bits per heavy atom. The third kappa shape index (κ3) is 4.78. The summed E-state index contributed by atoms with van der Waals surface area (Å²) < 4.78 is 2.02. The van der Waals surface area contributed by atoms with Crippen LogP contribution in [0.15, 0.2) is 30.3 Å². The van der Waals surface area contributed by atoms with Gasteiger partial charge in [-0.15, -0.1) is 0 Å². The molecule has 1 aliphatic carbocycles. The minimum Gasteiger partial charge on any atom is -0.321 e. The molecule has 5 heteroatoms. The number of rotatable bonds is 7. The molecule has 1 aliphatic rings. The second-order valence-corrected chi connectivity index (χ2v) is 8.43. The molecule has 0 saturated heterocycles. The van der Waals surface area contributed by atoms with E-state index in [4.69, 9.17) is 0 Å². The highest BCUT2D eigenvalue weighted by atomic mass is 16.2. The first-order valence-electron chi connectivity index (χ1n) is 10.0. The highest BCUT2D eigenvalue weighted by molar-refractivity contribution is 6.03. The zero-order valence-electron chi connectivity index (χ0n) is 17.2. The average Bonchev–Trinajstić information content (AvgIpc) is 3.36. The van der Waals surface area contributed by atoms with E-state index in [-0.39, 0.29) is 11.4 Å². The molecule has 27 heavy (non-hydrogen) atoms. The van der Waals surface area contributed by atoms with Crippen molar-refractivity contribution in [2.45, 2.75) is 65.5 Å². The largest absolute Gasteiger partial charge is 0.321 e. The molecule has 0 unspecified atom stereocenters. The lowest BCUT2D eigenvalue weighted by atomic mass is 10.1. The second kappa shape index (κ2) is 7.85. The summed E-state index contributed by atoms with van der Waals surface area (Å²) in [5, 5.41) is 7.66. The minimum atomic E-state index is -0.139. The van der Waals surface area contributed by atoms with Crippen LogP contribution < -0.4 is 5.32 Å². The molecule has 1 N–H and O–H groups in total. The van der Waals surface area contributed by atoms with Crippen molar-refractivity contribution in [3.05, 3.63) is 47.3 Å². The van der Waals surface area contributed by atoms with Crippen LogP contribution in [0.2, 0.25) is 0 Å². The SMILES string of the molecule is CCN(CC)Cc1cccc(NC(=O)c2cc(C3CC3)n(C(C)(C)C)n2)c1. The van der Waals surface area contributed by atoms with Gasteiger partial charge in [-0.25, -0.2) is 0 Å². The van der Waals surface area contributed by atoms with Gasteiger partial charge >= 0.3 is 0 Å². The Kier molecular flexibility index (Phi) is 5.70. The van der Waals surface area contributed by atoms with Crippen LogP contribution in [0.1, 0.15) is 75.1 Å². The van der Waals surface area contributed by atoms with E-state index in [2.05, 4.69) is 62.1 Å². The van der Waals surface area contributed by atoms with Crippen molar-refractivity contribution in [1.82, 2.24) is 14.7 Å². The maximum Gasteiger partial charge on any atom is 0.276 e. The molecule has 2 aromatic rings. The molecule has 146 valence electrons. The lowest BCUT2D eigenvalue weighted by Gasteiger charge is -2.22. The van der Waals surface area contributed by atoms with Crippen molar-refractivity contribution in [2.24, 2.45) is 0 Å².